The zero-order chi connectivity index (χ0) is 12.9. The van der Waals surface area contributed by atoms with E-state index in [1.807, 2.05) is 25.2 Å². The van der Waals surface area contributed by atoms with Crippen LogP contribution < -0.4 is 0 Å². The van der Waals surface area contributed by atoms with Crippen LogP contribution in [0.3, 0.4) is 0 Å². The summed E-state index contributed by atoms with van der Waals surface area (Å²) in [6.07, 6.45) is 2.35. The Balaban J connectivity index is 2.15. The fraction of sp³-hybridized carbons (Fsp3) is 0.429. The van der Waals surface area contributed by atoms with Crippen LogP contribution in [0.2, 0.25) is 0 Å². The fourth-order valence-electron chi connectivity index (χ4n) is 2.61. The van der Waals surface area contributed by atoms with E-state index in [0.29, 0.717) is 0 Å². The Labute approximate surface area is 105 Å². The van der Waals surface area contributed by atoms with Crippen molar-refractivity contribution < 1.29 is 9.90 Å². The van der Waals surface area contributed by atoms with Crippen LogP contribution in [-0.2, 0) is 23.7 Å². The Morgan fingerprint density at radius 1 is 1.50 bits per heavy atom. The van der Waals surface area contributed by atoms with Crippen molar-refractivity contribution in [2.75, 3.05) is 0 Å². The molecule has 0 atom stereocenters. The second kappa shape index (κ2) is 3.57. The molecule has 3 rings (SSSR count). The Hall–Kier alpha value is -1.84. The van der Waals surface area contributed by atoms with Gasteiger partial charge in [-0.25, -0.2) is 4.98 Å². The van der Waals surface area contributed by atoms with Crippen LogP contribution in [0.4, 0.5) is 0 Å². The highest BCUT2D eigenvalue weighted by Gasteiger charge is 2.51. The van der Waals surface area contributed by atoms with Gasteiger partial charge in [-0.3, -0.25) is 4.79 Å². The number of benzene rings is 1. The number of nitrogens with zero attached hydrogens (tertiary/aromatic N) is 2. The number of carboxylic acids is 1. The number of rotatable bonds is 3. The average Bonchev–Trinajstić information content (AvgIpc) is 3.11. The van der Waals surface area contributed by atoms with Crippen LogP contribution in [0.5, 0.6) is 0 Å². The summed E-state index contributed by atoms with van der Waals surface area (Å²) < 4.78 is 2.07. The molecule has 18 heavy (non-hydrogen) atoms. The summed E-state index contributed by atoms with van der Waals surface area (Å²) in [4.78, 5) is 15.9. The molecule has 0 amide bonds. The Morgan fingerprint density at radius 2 is 2.22 bits per heavy atom. The predicted octanol–water partition coefficient (Wildman–Crippen LogP) is 2.25. The molecule has 1 N–H and O–H groups in total. The zero-order valence-corrected chi connectivity index (χ0v) is 10.6. The monoisotopic (exact) mass is 244 g/mol. The molecule has 0 bridgehead atoms. The first-order valence-electron chi connectivity index (χ1n) is 6.28. The number of imidazole rings is 1. The molecule has 94 valence electrons. The first kappa shape index (κ1) is 11.3. The quantitative estimate of drug-likeness (QED) is 0.901. The molecule has 1 aliphatic carbocycles. The minimum atomic E-state index is -0.714. The molecule has 0 aliphatic heterocycles. The maximum atomic E-state index is 11.3. The number of aliphatic carboxylic acids is 1. The van der Waals surface area contributed by atoms with E-state index in [9.17, 15) is 9.90 Å². The third kappa shape index (κ3) is 1.38. The van der Waals surface area contributed by atoms with Gasteiger partial charge in [-0.2, -0.15) is 0 Å². The molecule has 2 aromatic rings. The number of aromatic nitrogens is 2. The maximum absolute atomic E-state index is 11.3. The lowest BCUT2D eigenvalue weighted by Crippen LogP contribution is -2.19. The van der Waals surface area contributed by atoms with Gasteiger partial charge < -0.3 is 9.67 Å². The van der Waals surface area contributed by atoms with Crippen molar-refractivity contribution in [1.29, 1.82) is 0 Å². The molecule has 1 fully saturated rings. The van der Waals surface area contributed by atoms with Crippen LogP contribution in [0.25, 0.3) is 11.0 Å². The number of aryl methyl sites for hydroxylation is 2. The maximum Gasteiger partial charge on any atom is 0.314 e. The highest BCUT2D eigenvalue weighted by Crippen LogP contribution is 2.48. The topological polar surface area (TPSA) is 55.1 Å². The van der Waals surface area contributed by atoms with Crippen LogP contribution in [0, 0.1) is 0 Å². The van der Waals surface area contributed by atoms with Crippen LogP contribution in [0.15, 0.2) is 18.2 Å². The van der Waals surface area contributed by atoms with Gasteiger partial charge in [-0.1, -0.05) is 13.0 Å². The molecule has 4 heteroatoms. The third-order valence-electron chi connectivity index (χ3n) is 4.00. The smallest absolute Gasteiger partial charge is 0.314 e. The van der Waals surface area contributed by atoms with Crippen molar-refractivity contribution >= 4 is 17.0 Å². The molecule has 0 saturated heterocycles. The first-order chi connectivity index (χ1) is 8.58. The molecule has 0 spiro atoms. The van der Waals surface area contributed by atoms with Crippen molar-refractivity contribution in [2.45, 2.75) is 31.6 Å². The summed E-state index contributed by atoms with van der Waals surface area (Å²) in [5.74, 6) is 0.316. The number of carbonyl (C=O) groups is 1. The van der Waals surface area contributed by atoms with Crippen molar-refractivity contribution in [1.82, 2.24) is 9.55 Å². The molecular weight excluding hydrogens is 228 g/mol. The molecule has 1 aromatic heterocycles. The third-order valence-corrected chi connectivity index (χ3v) is 4.00. The van der Waals surface area contributed by atoms with Crippen molar-refractivity contribution in [3.8, 4) is 0 Å². The lowest BCUT2D eigenvalue weighted by Gasteiger charge is -2.09. The van der Waals surface area contributed by atoms with E-state index in [4.69, 9.17) is 0 Å². The van der Waals surface area contributed by atoms with Crippen LogP contribution in [-0.4, -0.2) is 20.6 Å². The summed E-state index contributed by atoms with van der Waals surface area (Å²) in [5.41, 5.74) is 2.22. The predicted molar refractivity (Wildman–Crippen MR) is 68.6 cm³/mol. The Morgan fingerprint density at radius 3 is 2.78 bits per heavy atom. The number of carboxylic acid groups (broad SMARTS) is 1. The van der Waals surface area contributed by atoms with Gasteiger partial charge in [0, 0.05) is 13.5 Å². The molecule has 4 nitrogen and oxygen atoms in total. The van der Waals surface area contributed by atoms with Crippen LogP contribution >= 0.6 is 0 Å². The summed E-state index contributed by atoms with van der Waals surface area (Å²) in [5, 5.41) is 9.31. The minimum Gasteiger partial charge on any atom is -0.481 e. The van der Waals surface area contributed by atoms with Gasteiger partial charge in [0.15, 0.2) is 0 Å². The van der Waals surface area contributed by atoms with E-state index in [1.54, 1.807) is 0 Å². The number of fused-ring (bicyclic) bond motifs is 1. The highest BCUT2D eigenvalue weighted by atomic mass is 16.4. The number of hydrogen-bond acceptors (Lipinski definition) is 2. The van der Waals surface area contributed by atoms with Crippen molar-refractivity contribution in [2.24, 2.45) is 7.05 Å². The zero-order valence-electron chi connectivity index (χ0n) is 10.6. The second-order valence-electron chi connectivity index (χ2n) is 5.03. The van der Waals surface area contributed by atoms with Gasteiger partial charge in [0.1, 0.15) is 5.82 Å². The molecule has 0 radical (unpaired) electrons. The Bertz CT molecular complexity index is 639. The van der Waals surface area contributed by atoms with Gasteiger partial charge in [-0.15, -0.1) is 0 Å². The first-order valence-corrected chi connectivity index (χ1v) is 6.28. The highest BCUT2D eigenvalue weighted by molar-refractivity contribution is 5.87. The van der Waals surface area contributed by atoms with E-state index >= 15 is 0 Å². The fourth-order valence-corrected chi connectivity index (χ4v) is 2.61. The normalized spacial score (nSPS) is 17.0. The minimum absolute atomic E-state index is 0.641. The van der Waals surface area contributed by atoms with Crippen LogP contribution in [0.1, 0.15) is 31.2 Å². The van der Waals surface area contributed by atoms with Gasteiger partial charge in [0.05, 0.1) is 16.4 Å². The van der Waals surface area contributed by atoms with E-state index in [2.05, 4.69) is 16.5 Å². The standard InChI is InChI=1S/C14H16N2O2/c1-3-12-15-10-8-9(4-5-11(10)16(12)2)14(6-7-14)13(17)18/h4-5,8H,3,6-7H2,1-2H3,(H,17,18). The molecule has 1 heterocycles. The van der Waals surface area contributed by atoms with Gasteiger partial charge in [0.25, 0.3) is 0 Å². The molecule has 1 aliphatic rings. The van der Waals surface area contributed by atoms with Gasteiger partial charge >= 0.3 is 5.97 Å². The van der Waals surface area contributed by atoms with E-state index in [0.717, 1.165) is 41.7 Å². The summed E-state index contributed by atoms with van der Waals surface area (Å²) in [7, 11) is 2.00. The van der Waals surface area contributed by atoms with Crippen molar-refractivity contribution in [3.05, 3.63) is 29.6 Å². The Kier molecular flexibility index (Phi) is 2.24. The molecule has 1 aromatic carbocycles. The van der Waals surface area contributed by atoms with E-state index < -0.39 is 11.4 Å². The summed E-state index contributed by atoms with van der Waals surface area (Å²) in [6, 6.07) is 5.86. The summed E-state index contributed by atoms with van der Waals surface area (Å²) >= 11 is 0. The molecule has 1 saturated carbocycles. The summed E-state index contributed by atoms with van der Waals surface area (Å²) in [6.45, 7) is 2.07. The van der Waals surface area contributed by atoms with E-state index in [-0.39, 0.29) is 0 Å². The van der Waals surface area contributed by atoms with Crippen molar-refractivity contribution in [3.63, 3.8) is 0 Å². The van der Waals surface area contributed by atoms with Gasteiger partial charge in [0.2, 0.25) is 0 Å². The average molecular weight is 244 g/mol. The SMILES string of the molecule is CCc1nc2cc(C3(C(=O)O)CC3)ccc2n1C. The lowest BCUT2D eigenvalue weighted by atomic mass is 9.96. The van der Waals surface area contributed by atoms with Gasteiger partial charge in [-0.05, 0) is 30.5 Å². The molecule has 0 unspecified atom stereocenters. The number of hydrogen-bond donors (Lipinski definition) is 1. The lowest BCUT2D eigenvalue weighted by molar-refractivity contribution is -0.140. The second-order valence-corrected chi connectivity index (χ2v) is 5.03. The molecular formula is C14H16N2O2. The van der Waals surface area contributed by atoms with E-state index in [1.165, 1.54) is 0 Å². The largest absolute Gasteiger partial charge is 0.481 e.